The topological polar surface area (TPSA) is 74.9 Å². The molecule has 0 aliphatic carbocycles. The van der Waals surface area contributed by atoms with E-state index < -0.39 is 6.10 Å². The third kappa shape index (κ3) is 2.32. The molecular formula is C11H12BrN3O. The van der Waals surface area contributed by atoms with Crippen molar-refractivity contribution in [2.24, 2.45) is 5.73 Å². The molecule has 0 saturated heterocycles. The number of H-pyrrole nitrogens is 1. The maximum absolute atomic E-state index is 9.51. The van der Waals surface area contributed by atoms with E-state index >= 15 is 0 Å². The number of aromatic amines is 1. The number of imidazole rings is 1. The van der Waals surface area contributed by atoms with Crippen molar-refractivity contribution >= 4 is 15.9 Å². The van der Waals surface area contributed by atoms with E-state index in [0.717, 1.165) is 15.7 Å². The molecule has 0 aliphatic rings. The predicted octanol–water partition coefficient (Wildman–Crippen LogP) is 1.83. The van der Waals surface area contributed by atoms with E-state index in [2.05, 4.69) is 25.9 Å². The Morgan fingerprint density at radius 2 is 2.06 bits per heavy atom. The van der Waals surface area contributed by atoms with Gasteiger partial charge in [-0.2, -0.15) is 0 Å². The first-order valence-electron chi connectivity index (χ1n) is 4.89. The number of rotatable bonds is 3. The summed E-state index contributed by atoms with van der Waals surface area (Å²) in [5.41, 5.74) is 7.25. The van der Waals surface area contributed by atoms with Gasteiger partial charge in [-0.05, 0) is 17.7 Å². The Hall–Kier alpha value is -1.17. The number of aliphatic hydroxyl groups is 1. The summed E-state index contributed by atoms with van der Waals surface area (Å²) < 4.78 is 1.03. The van der Waals surface area contributed by atoms with Gasteiger partial charge in [0.05, 0.1) is 11.9 Å². The monoisotopic (exact) mass is 281 g/mol. The standard InChI is InChI=1S/C11H12BrN3O/c12-8-3-1-7(2-4-8)9-6-14-11(15-9)10(16)5-13/h1-4,6,10,16H,5,13H2,(H,14,15). The largest absolute Gasteiger partial charge is 0.384 e. The number of hydrogen-bond donors (Lipinski definition) is 3. The lowest BCUT2D eigenvalue weighted by Gasteiger charge is -2.02. The molecule has 1 aromatic heterocycles. The molecule has 1 unspecified atom stereocenters. The Bertz CT molecular complexity index is 466. The molecule has 0 amide bonds. The van der Waals surface area contributed by atoms with Gasteiger partial charge in [0.1, 0.15) is 11.9 Å². The molecule has 0 aliphatic heterocycles. The van der Waals surface area contributed by atoms with Gasteiger partial charge in [0.15, 0.2) is 0 Å². The fraction of sp³-hybridized carbons (Fsp3) is 0.182. The van der Waals surface area contributed by atoms with Gasteiger partial charge >= 0.3 is 0 Å². The zero-order valence-corrected chi connectivity index (χ0v) is 10.1. The van der Waals surface area contributed by atoms with Gasteiger partial charge in [-0.15, -0.1) is 0 Å². The summed E-state index contributed by atoms with van der Waals surface area (Å²) in [7, 11) is 0. The molecule has 84 valence electrons. The highest BCUT2D eigenvalue weighted by atomic mass is 79.9. The summed E-state index contributed by atoms with van der Waals surface area (Å²) in [6, 6.07) is 7.84. The molecule has 0 spiro atoms. The number of nitrogens with zero attached hydrogens (tertiary/aromatic N) is 1. The normalized spacial score (nSPS) is 12.7. The Balaban J connectivity index is 2.28. The van der Waals surface area contributed by atoms with Gasteiger partial charge in [-0.25, -0.2) is 4.98 Å². The first kappa shape index (κ1) is 11.3. The van der Waals surface area contributed by atoms with Crippen molar-refractivity contribution in [3.05, 3.63) is 40.8 Å². The number of nitrogens with two attached hydrogens (primary N) is 1. The average molecular weight is 282 g/mol. The van der Waals surface area contributed by atoms with Gasteiger partial charge in [-0.1, -0.05) is 28.1 Å². The van der Waals surface area contributed by atoms with E-state index in [1.54, 1.807) is 6.20 Å². The van der Waals surface area contributed by atoms with Crippen LogP contribution < -0.4 is 5.73 Å². The van der Waals surface area contributed by atoms with Crippen molar-refractivity contribution in [2.75, 3.05) is 6.54 Å². The molecule has 0 bridgehead atoms. The highest BCUT2D eigenvalue weighted by molar-refractivity contribution is 9.10. The van der Waals surface area contributed by atoms with E-state index in [9.17, 15) is 5.11 Å². The number of halogens is 1. The van der Waals surface area contributed by atoms with Crippen LogP contribution in [0.5, 0.6) is 0 Å². The van der Waals surface area contributed by atoms with Crippen LogP contribution in [-0.4, -0.2) is 21.6 Å². The molecule has 4 nitrogen and oxygen atoms in total. The van der Waals surface area contributed by atoms with Crippen molar-refractivity contribution in [2.45, 2.75) is 6.10 Å². The highest BCUT2D eigenvalue weighted by Gasteiger charge is 2.10. The van der Waals surface area contributed by atoms with Crippen LogP contribution in [0.4, 0.5) is 0 Å². The van der Waals surface area contributed by atoms with Gasteiger partial charge in [-0.3, -0.25) is 0 Å². The number of hydrogen-bond acceptors (Lipinski definition) is 3. The summed E-state index contributed by atoms with van der Waals surface area (Å²) in [6.45, 7) is 0.160. The first-order chi connectivity index (χ1) is 7.70. The molecule has 2 rings (SSSR count). The number of aromatic nitrogens is 2. The van der Waals surface area contributed by atoms with Crippen molar-refractivity contribution in [1.29, 1.82) is 0 Å². The molecule has 1 atom stereocenters. The predicted molar refractivity (Wildman–Crippen MR) is 65.7 cm³/mol. The van der Waals surface area contributed by atoms with Crippen molar-refractivity contribution in [3.63, 3.8) is 0 Å². The second-order valence-electron chi connectivity index (χ2n) is 3.44. The molecule has 1 aromatic carbocycles. The molecule has 0 saturated carbocycles. The zero-order chi connectivity index (χ0) is 11.5. The van der Waals surface area contributed by atoms with Gasteiger partial charge in [0.2, 0.25) is 0 Å². The molecule has 0 fully saturated rings. The van der Waals surface area contributed by atoms with Crippen LogP contribution in [0.1, 0.15) is 11.9 Å². The fourth-order valence-corrected chi connectivity index (χ4v) is 1.66. The zero-order valence-electron chi connectivity index (χ0n) is 8.52. The molecule has 2 aromatic rings. The average Bonchev–Trinajstić information content (AvgIpc) is 2.78. The van der Waals surface area contributed by atoms with Crippen molar-refractivity contribution in [3.8, 4) is 11.3 Å². The van der Waals surface area contributed by atoms with E-state index in [4.69, 9.17) is 5.73 Å². The van der Waals surface area contributed by atoms with Crippen LogP contribution in [0, 0.1) is 0 Å². The van der Waals surface area contributed by atoms with Gasteiger partial charge < -0.3 is 15.8 Å². The Kier molecular flexibility index (Phi) is 3.38. The van der Waals surface area contributed by atoms with Gasteiger partial charge in [0, 0.05) is 11.0 Å². The minimum atomic E-state index is -0.732. The lowest BCUT2D eigenvalue weighted by atomic mass is 10.2. The molecule has 4 N–H and O–H groups in total. The van der Waals surface area contributed by atoms with Crippen LogP contribution in [0.25, 0.3) is 11.3 Å². The molecule has 16 heavy (non-hydrogen) atoms. The minimum Gasteiger partial charge on any atom is -0.384 e. The molecule has 5 heteroatoms. The van der Waals surface area contributed by atoms with E-state index in [1.807, 2.05) is 24.3 Å². The third-order valence-corrected chi connectivity index (χ3v) is 2.82. The summed E-state index contributed by atoms with van der Waals surface area (Å²) in [4.78, 5) is 7.13. The van der Waals surface area contributed by atoms with Crippen LogP contribution in [0.3, 0.4) is 0 Å². The minimum absolute atomic E-state index is 0.160. The van der Waals surface area contributed by atoms with Crippen LogP contribution in [0.2, 0.25) is 0 Å². The Morgan fingerprint density at radius 1 is 1.38 bits per heavy atom. The lowest BCUT2D eigenvalue weighted by molar-refractivity contribution is 0.177. The van der Waals surface area contributed by atoms with Crippen molar-refractivity contribution in [1.82, 2.24) is 9.97 Å². The van der Waals surface area contributed by atoms with Crippen LogP contribution in [-0.2, 0) is 0 Å². The first-order valence-corrected chi connectivity index (χ1v) is 5.69. The molecule has 1 heterocycles. The third-order valence-electron chi connectivity index (χ3n) is 2.29. The van der Waals surface area contributed by atoms with E-state index in [0.29, 0.717) is 5.82 Å². The summed E-state index contributed by atoms with van der Waals surface area (Å²) in [5.74, 6) is 0.500. The second-order valence-corrected chi connectivity index (χ2v) is 4.36. The quantitative estimate of drug-likeness (QED) is 0.804. The lowest BCUT2D eigenvalue weighted by Crippen LogP contribution is -2.12. The van der Waals surface area contributed by atoms with Crippen molar-refractivity contribution < 1.29 is 5.11 Å². The SMILES string of the molecule is NCC(O)c1ncc(-c2ccc(Br)cc2)[nH]1. The summed E-state index contributed by atoms with van der Waals surface area (Å²) in [6.07, 6.45) is 0.960. The van der Waals surface area contributed by atoms with Crippen LogP contribution in [0.15, 0.2) is 34.9 Å². The number of aliphatic hydroxyl groups excluding tert-OH is 1. The summed E-state index contributed by atoms with van der Waals surface area (Å²) >= 11 is 3.38. The number of nitrogens with one attached hydrogen (secondary N) is 1. The maximum Gasteiger partial charge on any atom is 0.136 e. The van der Waals surface area contributed by atoms with E-state index in [1.165, 1.54) is 0 Å². The van der Waals surface area contributed by atoms with E-state index in [-0.39, 0.29) is 6.54 Å². The Morgan fingerprint density at radius 3 is 2.69 bits per heavy atom. The second kappa shape index (κ2) is 4.78. The van der Waals surface area contributed by atoms with Gasteiger partial charge in [0.25, 0.3) is 0 Å². The highest BCUT2D eigenvalue weighted by Crippen LogP contribution is 2.21. The Labute approximate surface area is 102 Å². The fourth-order valence-electron chi connectivity index (χ4n) is 1.39. The van der Waals surface area contributed by atoms with Crippen LogP contribution >= 0.6 is 15.9 Å². The maximum atomic E-state index is 9.51. The smallest absolute Gasteiger partial charge is 0.136 e. The summed E-state index contributed by atoms with van der Waals surface area (Å²) in [5, 5.41) is 9.51. The molecular weight excluding hydrogens is 270 g/mol. The number of benzene rings is 1. The molecule has 0 radical (unpaired) electrons.